The largest absolute Gasteiger partial charge is 0.472 e. The van der Waals surface area contributed by atoms with Crippen molar-refractivity contribution in [3.8, 4) is 0 Å². The molecule has 27 heteroatoms. The highest BCUT2D eigenvalue weighted by molar-refractivity contribution is 7.47. The van der Waals surface area contributed by atoms with Crippen LogP contribution in [-0.2, 0) is 13.6 Å². The molecule has 0 aromatic rings. The highest BCUT2D eigenvalue weighted by Gasteiger charge is 3.02. The molecule has 2 aliphatic carbocycles. The third kappa shape index (κ3) is 3.55. The van der Waals surface area contributed by atoms with Gasteiger partial charge in [-0.25, -0.2) is 13.3 Å². The molecular weight excluding hydrogens is 681 g/mol. The first-order chi connectivity index (χ1) is 17.4. The average molecular weight is 686 g/mol. The molecule has 0 radical (unpaired) electrons. The Morgan fingerprint density at radius 2 is 0.512 bits per heavy atom. The van der Waals surface area contributed by atoms with Gasteiger partial charge in [0.1, 0.15) is 13.2 Å². The van der Waals surface area contributed by atoms with Crippen molar-refractivity contribution in [2.45, 2.75) is 70.6 Å². The van der Waals surface area contributed by atoms with Crippen molar-refractivity contribution < 1.29 is 115 Å². The van der Waals surface area contributed by atoms with Gasteiger partial charge in [-0.05, 0) is 0 Å². The topological polar surface area (TPSA) is 55.8 Å². The Balaban J connectivity index is 2.51. The molecule has 2 saturated carbocycles. The summed E-state index contributed by atoms with van der Waals surface area (Å²) in [6, 6.07) is 0. The highest BCUT2D eigenvalue weighted by atomic mass is 31.2. The first kappa shape index (κ1) is 35.8. The van der Waals surface area contributed by atoms with Gasteiger partial charge in [0, 0.05) is 0 Å². The van der Waals surface area contributed by atoms with E-state index in [4.69, 9.17) is 4.89 Å². The minimum atomic E-state index is -7.85. The maximum Gasteiger partial charge on any atom is 0.472 e. The summed E-state index contributed by atoms with van der Waals surface area (Å²) in [5.41, 5.74) is -14.6. The molecule has 2 fully saturated rings. The Morgan fingerprint density at radius 1 is 0.366 bits per heavy atom. The number of rotatable bonds is 6. The summed E-state index contributed by atoms with van der Waals surface area (Å²) >= 11 is 0. The van der Waals surface area contributed by atoms with Crippen LogP contribution in [0.25, 0.3) is 0 Å². The van der Waals surface area contributed by atoms with E-state index < -0.39 is 91.6 Å². The summed E-state index contributed by atoms with van der Waals surface area (Å²) in [5.74, 6) is -78.2. The van der Waals surface area contributed by atoms with Crippen LogP contribution in [0.5, 0.6) is 0 Å². The van der Waals surface area contributed by atoms with Crippen LogP contribution in [0.3, 0.4) is 0 Å². The van der Waals surface area contributed by atoms with Gasteiger partial charge in [-0.15, -0.1) is 0 Å². The molecule has 2 aliphatic rings. The van der Waals surface area contributed by atoms with Crippen molar-refractivity contribution in [2.24, 2.45) is 0 Å². The molecule has 244 valence electrons. The number of alkyl halides is 22. The second-order valence-corrected chi connectivity index (χ2v) is 9.82. The van der Waals surface area contributed by atoms with E-state index in [1.54, 1.807) is 0 Å². The van der Waals surface area contributed by atoms with E-state index in [1.807, 2.05) is 0 Å². The van der Waals surface area contributed by atoms with Gasteiger partial charge in [0.05, 0.1) is 0 Å². The van der Waals surface area contributed by atoms with Gasteiger partial charge in [0.15, 0.2) is 0 Å². The van der Waals surface area contributed by atoms with Gasteiger partial charge in [0.25, 0.3) is 11.3 Å². The third-order valence-electron chi connectivity index (χ3n) is 6.00. The lowest BCUT2D eigenvalue weighted by Crippen LogP contribution is -2.84. The van der Waals surface area contributed by atoms with Gasteiger partial charge >= 0.3 is 67.0 Å². The minimum absolute atomic E-state index is 2.68. The van der Waals surface area contributed by atoms with Crippen molar-refractivity contribution in [2.75, 3.05) is 13.2 Å². The van der Waals surface area contributed by atoms with Crippen LogP contribution in [0.1, 0.15) is 0 Å². The number of phosphoric acid groups is 1. The molecule has 41 heavy (non-hydrogen) atoms. The zero-order valence-corrected chi connectivity index (χ0v) is 18.7. The molecule has 1 N–H and O–H groups in total. The standard InChI is InChI=1S/C14H5F22O4P/c15-3(5(17,18)9(25,26)13(33,34)10(27,28)6(3,19)20)1-39-41(37,38)40-2-4(16)7(21,22)11(29,30)14(35,36)12(31,32)8(4,23)24/h1-2H2,(H,37,38). The summed E-state index contributed by atoms with van der Waals surface area (Å²) in [6.07, 6.45) is 0. The molecule has 0 amide bonds. The molecule has 0 unspecified atom stereocenters. The van der Waals surface area contributed by atoms with Crippen LogP contribution in [0.4, 0.5) is 96.6 Å². The molecule has 4 nitrogen and oxygen atoms in total. The van der Waals surface area contributed by atoms with Crippen LogP contribution in [0.2, 0.25) is 0 Å². The number of hydrogen-bond acceptors (Lipinski definition) is 3. The van der Waals surface area contributed by atoms with Gasteiger partial charge in [0.2, 0.25) is 0 Å². The zero-order valence-electron chi connectivity index (χ0n) is 17.8. The van der Waals surface area contributed by atoms with Crippen molar-refractivity contribution in [1.82, 2.24) is 0 Å². The Labute approximate surface area is 208 Å². The third-order valence-corrected chi connectivity index (χ3v) is 6.91. The molecule has 0 aliphatic heterocycles. The molecule has 0 saturated heterocycles. The van der Waals surface area contributed by atoms with Crippen LogP contribution >= 0.6 is 7.82 Å². The molecule has 0 spiro atoms. The monoisotopic (exact) mass is 686 g/mol. The lowest BCUT2D eigenvalue weighted by molar-refractivity contribution is -0.487. The summed E-state index contributed by atoms with van der Waals surface area (Å²) < 4.78 is 315. The van der Waals surface area contributed by atoms with E-state index in [0.29, 0.717) is 0 Å². The first-order valence-corrected chi connectivity index (χ1v) is 10.7. The van der Waals surface area contributed by atoms with E-state index in [-0.39, 0.29) is 0 Å². The Kier molecular flexibility index (Phi) is 7.32. The Morgan fingerprint density at radius 3 is 0.683 bits per heavy atom. The maximum atomic E-state index is 14.4. The van der Waals surface area contributed by atoms with Gasteiger partial charge in [-0.1, -0.05) is 0 Å². The first-order valence-electron chi connectivity index (χ1n) is 9.19. The van der Waals surface area contributed by atoms with Crippen molar-refractivity contribution in [3.63, 3.8) is 0 Å². The lowest BCUT2D eigenvalue weighted by Gasteiger charge is -2.52. The van der Waals surface area contributed by atoms with E-state index in [0.717, 1.165) is 0 Å². The fraction of sp³-hybridized carbons (Fsp3) is 1.00. The van der Waals surface area contributed by atoms with Crippen molar-refractivity contribution >= 4 is 7.82 Å². The van der Waals surface area contributed by atoms with E-state index in [9.17, 15) is 101 Å². The van der Waals surface area contributed by atoms with Gasteiger partial charge in [-0.2, -0.15) is 87.8 Å². The van der Waals surface area contributed by atoms with Gasteiger partial charge < -0.3 is 4.89 Å². The summed E-state index contributed by atoms with van der Waals surface area (Å²) in [4.78, 5) is 8.96. The fourth-order valence-corrected chi connectivity index (χ4v) is 4.07. The molecule has 0 bridgehead atoms. The smallest absolute Gasteiger partial charge is 0.302 e. The van der Waals surface area contributed by atoms with Crippen LogP contribution in [-0.4, -0.2) is 88.7 Å². The molecule has 0 heterocycles. The average Bonchev–Trinajstić information content (AvgIpc) is 2.78. The minimum Gasteiger partial charge on any atom is -0.302 e. The lowest BCUT2D eigenvalue weighted by atomic mass is 9.72. The van der Waals surface area contributed by atoms with E-state index in [1.165, 1.54) is 0 Å². The molecule has 0 aromatic heterocycles. The SMILES string of the molecule is O=P(O)(OCC1(F)C(F)(F)C(F)(F)C(F)(F)C(F)(F)C1(F)F)OCC1(F)C(F)(F)C(F)(F)C(F)(F)C(F)(F)C1(F)F. The molecular formula is C14H5F22O4P. The normalized spacial score (nSPS) is 32.2. The Hall–Kier alpha value is -1.43. The fourth-order valence-electron chi connectivity index (χ4n) is 3.31. The second-order valence-electron chi connectivity index (χ2n) is 8.36. The maximum absolute atomic E-state index is 14.4. The summed E-state index contributed by atoms with van der Waals surface area (Å²) in [5, 5.41) is 0. The van der Waals surface area contributed by atoms with E-state index in [2.05, 4.69) is 9.05 Å². The van der Waals surface area contributed by atoms with Crippen LogP contribution < -0.4 is 0 Å². The zero-order chi connectivity index (χ0) is 33.3. The number of halogens is 22. The van der Waals surface area contributed by atoms with Crippen molar-refractivity contribution in [3.05, 3.63) is 0 Å². The van der Waals surface area contributed by atoms with Crippen molar-refractivity contribution in [1.29, 1.82) is 0 Å². The predicted octanol–water partition coefficient (Wildman–Crippen LogP) is 6.92. The molecule has 0 atom stereocenters. The molecule has 0 aromatic carbocycles. The summed E-state index contributed by atoms with van der Waals surface area (Å²) in [6.45, 7) is -8.45. The van der Waals surface area contributed by atoms with E-state index >= 15 is 0 Å². The highest BCUT2D eigenvalue weighted by Crippen LogP contribution is 2.72. The quantitative estimate of drug-likeness (QED) is 0.244. The second kappa shape index (κ2) is 8.39. The van der Waals surface area contributed by atoms with Gasteiger partial charge in [-0.3, -0.25) is 9.05 Å². The number of hydrogen-bond donors (Lipinski definition) is 1. The summed E-state index contributed by atoms with van der Waals surface area (Å²) in [7, 11) is -7.54. The predicted molar refractivity (Wildman–Crippen MR) is 78.9 cm³/mol. The van der Waals surface area contributed by atoms with Crippen LogP contribution in [0, 0.1) is 0 Å². The van der Waals surface area contributed by atoms with Crippen LogP contribution in [0.15, 0.2) is 0 Å². The molecule has 2 rings (SSSR count). The number of phosphoric ester groups is 1. The Bertz CT molecular complexity index is 974.